The molecule has 0 saturated heterocycles. The van der Waals surface area contributed by atoms with E-state index in [1.807, 2.05) is 68.4 Å². The minimum Gasteiger partial charge on any atom is -0.493 e. The first kappa shape index (κ1) is 25.1. The molecule has 3 aromatic carbocycles. The van der Waals surface area contributed by atoms with Crippen molar-refractivity contribution in [3.05, 3.63) is 94.6 Å². The second-order valence-electron chi connectivity index (χ2n) is 7.78. The summed E-state index contributed by atoms with van der Waals surface area (Å²) in [6.07, 6.45) is 1.44. The van der Waals surface area contributed by atoms with Crippen molar-refractivity contribution in [3.63, 3.8) is 0 Å². The number of carbonyl (C=O) groups is 2. The number of rotatable bonds is 9. The molecule has 0 heterocycles. The van der Waals surface area contributed by atoms with Crippen LogP contribution in [0.5, 0.6) is 17.2 Å². The number of nitrogens with zero attached hydrogens (tertiary/aromatic N) is 1. The molecule has 0 aliphatic carbocycles. The second-order valence-corrected chi connectivity index (χ2v) is 7.78. The molecule has 0 aromatic heterocycles. The average Bonchev–Trinajstić information content (AvgIpc) is 2.87. The van der Waals surface area contributed by atoms with Gasteiger partial charge in [0.2, 0.25) is 0 Å². The molecule has 0 fully saturated rings. The summed E-state index contributed by atoms with van der Waals surface area (Å²) in [5.74, 6) is 0.0101. The van der Waals surface area contributed by atoms with Gasteiger partial charge >= 0.3 is 5.97 Å². The van der Waals surface area contributed by atoms with E-state index in [1.54, 1.807) is 12.1 Å². The number of hydrogen-bond acceptors (Lipinski definition) is 6. The average molecular weight is 471 g/mol. The van der Waals surface area contributed by atoms with E-state index in [9.17, 15) is 14.9 Å². The van der Waals surface area contributed by atoms with E-state index in [-0.39, 0.29) is 23.7 Å². The molecule has 7 heteroatoms. The Balaban J connectivity index is 1.65. The molecule has 0 spiro atoms. The molecule has 0 unspecified atom stereocenters. The molecular formula is C28H26N2O5. The van der Waals surface area contributed by atoms with E-state index < -0.39 is 11.9 Å². The molecule has 0 atom stereocenters. The summed E-state index contributed by atoms with van der Waals surface area (Å²) in [6.45, 7) is 3.87. The molecular weight excluding hydrogens is 444 g/mol. The Bertz CT molecular complexity index is 1280. The van der Waals surface area contributed by atoms with Gasteiger partial charge in [-0.25, -0.2) is 4.79 Å². The zero-order valence-electron chi connectivity index (χ0n) is 19.8. The number of carbonyl (C=O) groups excluding carboxylic acids is 2. The van der Waals surface area contributed by atoms with Gasteiger partial charge in [-0.3, -0.25) is 4.79 Å². The van der Waals surface area contributed by atoms with Gasteiger partial charge < -0.3 is 19.5 Å². The highest BCUT2D eigenvalue weighted by atomic mass is 16.6. The third-order valence-electron chi connectivity index (χ3n) is 5.07. The Hall–Kier alpha value is -4.57. The highest BCUT2D eigenvalue weighted by molar-refractivity contribution is 6.01. The maximum Gasteiger partial charge on any atom is 0.349 e. The number of esters is 1. The number of benzene rings is 3. The van der Waals surface area contributed by atoms with Crippen LogP contribution in [0.2, 0.25) is 0 Å². The van der Waals surface area contributed by atoms with Crippen molar-refractivity contribution in [1.82, 2.24) is 5.32 Å². The van der Waals surface area contributed by atoms with Crippen molar-refractivity contribution in [2.24, 2.45) is 0 Å². The van der Waals surface area contributed by atoms with Gasteiger partial charge in [0.15, 0.2) is 18.1 Å². The fourth-order valence-electron chi connectivity index (χ4n) is 3.20. The molecule has 1 amide bonds. The first-order chi connectivity index (χ1) is 16.9. The van der Waals surface area contributed by atoms with E-state index >= 15 is 0 Å². The zero-order chi connectivity index (χ0) is 25.2. The van der Waals surface area contributed by atoms with Crippen LogP contribution in [-0.4, -0.2) is 25.6 Å². The minimum atomic E-state index is -0.592. The molecule has 0 aliphatic heterocycles. The SMILES string of the molecule is COc1cc(/C=C(\C#N)C(=O)NCc2ccccc2)ccc1OC(=O)COc1cc(C)ccc1C. The lowest BCUT2D eigenvalue weighted by atomic mass is 10.1. The smallest absolute Gasteiger partial charge is 0.349 e. The molecule has 0 bridgehead atoms. The number of nitriles is 1. The number of methoxy groups -OCH3 is 1. The van der Waals surface area contributed by atoms with Gasteiger partial charge in [-0.15, -0.1) is 0 Å². The summed E-state index contributed by atoms with van der Waals surface area (Å²) >= 11 is 0. The van der Waals surface area contributed by atoms with Crippen LogP contribution in [0.4, 0.5) is 0 Å². The van der Waals surface area contributed by atoms with Crippen LogP contribution in [0.3, 0.4) is 0 Å². The van der Waals surface area contributed by atoms with Crippen LogP contribution in [0, 0.1) is 25.2 Å². The van der Waals surface area contributed by atoms with Gasteiger partial charge in [-0.2, -0.15) is 5.26 Å². The van der Waals surface area contributed by atoms with Crippen LogP contribution in [-0.2, 0) is 16.1 Å². The summed E-state index contributed by atoms with van der Waals surface area (Å²) < 4.78 is 16.3. The first-order valence-corrected chi connectivity index (χ1v) is 10.9. The van der Waals surface area contributed by atoms with E-state index in [0.29, 0.717) is 17.9 Å². The summed E-state index contributed by atoms with van der Waals surface area (Å²) in [5.41, 5.74) is 3.34. The topological polar surface area (TPSA) is 97.6 Å². The maximum absolute atomic E-state index is 12.4. The normalized spacial score (nSPS) is 10.7. The third kappa shape index (κ3) is 7.21. The van der Waals surface area contributed by atoms with Gasteiger partial charge in [0.25, 0.3) is 5.91 Å². The molecule has 35 heavy (non-hydrogen) atoms. The van der Waals surface area contributed by atoms with Gasteiger partial charge in [0, 0.05) is 6.54 Å². The van der Waals surface area contributed by atoms with Crippen LogP contribution in [0.1, 0.15) is 22.3 Å². The number of amides is 1. The largest absolute Gasteiger partial charge is 0.493 e. The van der Waals surface area contributed by atoms with E-state index in [0.717, 1.165) is 16.7 Å². The van der Waals surface area contributed by atoms with E-state index in [1.165, 1.54) is 19.3 Å². The molecule has 0 radical (unpaired) electrons. The Morgan fingerprint density at radius 1 is 0.971 bits per heavy atom. The third-order valence-corrected chi connectivity index (χ3v) is 5.07. The number of aryl methyl sites for hydroxylation is 2. The van der Waals surface area contributed by atoms with Crippen LogP contribution in [0.15, 0.2) is 72.3 Å². The monoisotopic (exact) mass is 470 g/mol. The lowest BCUT2D eigenvalue weighted by Gasteiger charge is -2.12. The Morgan fingerprint density at radius 3 is 2.46 bits per heavy atom. The van der Waals surface area contributed by atoms with Crippen molar-refractivity contribution in [3.8, 4) is 23.3 Å². The summed E-state index contributed by atoms with van der Waals surface area (Å²) in [4.78, 5) is 24.8. The molecule has 0 saturated carbocycles. The maximum atomic E-state index is 12.4. The van der Waals surface area contributed by atoms with E-state index in [4.69, 9.17) is 14.2 Å². The fourth-order valence-corrected chi connectivity index (χ4v) is 3.20. The summed E-state index contributed by atoms with van der Waals surface area (Å²) in [6, 6.07) is 21.8. The Kier molecular flexibility index (Phi) is 8.63. The minimum absolute atomic E-state index is 0.0605. The number of ether oxygens (including phenoxy) is 3. The van der Waals surface area contributed by atoms with Gasteiger partial charge in [0.05, 0.1) is 7.11 Å². The highest BCUT2D eigenvalue weighted by Gasteiger charge is 2.14. The van der Waals surface area contributed by atoms with Gasteiger partial charge in [-0.1, -0.05) is 48.5 Å². The van der Waals surface area contributed by atoms with Crippen molar-refractivity contribution < 1.29 is 23.8 Å². The van der Waals surface area contributed by atoms with E-state index in [2.05, 4.69) is 5.32 Å². The molecule has 1 N–H and O–H groups in total. The summed E-state index contributed by atoms with van der Waals surface area (Å²) in [7, 11) is 1.44. The standard InChI is InChI=1S/C28H26N2O5/c1-19-9-10-20(2)25(13-19)34-18-27(31)35-24-12-11-22(15-26(24)33-3)14-23(16-29)28(32)30-17-21-7-5-4-6-8-21/h4-15H,17-18H2,1-3H3,(H,30,32)/b23-14+. The molecule has 178 valence electrons. The predicted molar refractivity (Wildman–Crippen MR) is 132 cm³/mol. The first-order valence-electron chi connectivity index (χ1n) is 10.9. The van der Waals surface area contributed by atoms with Crippen LogP contribution < -0.4 is 19.5 Å². The number of nitrogens with one attached hydrogen (secondary N) is 1. The molecule has 0 aliphatic rings. The van der Waals surface area contributed by atoms with Crippen molar-refractivity contribution in [1.29, 1.82) is 5.26 Å². The quantitative estimate of drug-likeness (QED) is 0.214. The van der Waals surface area contributed by atoms with Crippen LogP contribution in [0.25, 0.3) is 6.08 Å². The predicted octanol–water partition coefficient (Wildman–Crippen LogP) is 4.52. The highest BCUT2D eigenvalue weighted by Crippen LogP contribution is 2.29. The molecule has 3 rings (SSSR count). The molecule has 3 aromatic rings. The lowest BCUT2D eigenvalue weighted by molar-refractivity contribution is -0.136. The van der Waals surface area contributed by atoms with Gasteiger partial charge in [0.1, 0.15) is 17.4 Å². The van der Waals surface area contributed by atoms with Crippen molar-refractivity contribution in [2.45, 2.75) is 20.4 Å². The number of hydrogen-bond donors (Lipinski definition) is 1. The van der Waals surface area contributed by atoms with Crippen molar-refractivity contribution >= 4 is 18.0 Å². The summed E-state index contributed by atoms with van der Waals surface area (Å²) in [5, 5.41) is 12.2. The fraction of sp³-hybridized carbons (Fsp3) is 0.179. The second kappa shape index (κ2) is 12.1. The zero-order valence-corrected chi connectivity index (χ0v) is 19.8. The molecule has 7 nitrogen and oxygen atoms in total. The Morgan fingerprint density at radius 2 is 1.74 bits per heavy atom. The van der Waals surface area contributed by atoms with Crippen molar-refractivity contribution in [2.75, 3.05) is 13.7 Å². The van der Waals surface area contributed by atoms with Crippen LogP contribution >= 0.6 is 0 Å². The van der Waals surface area contributed by atoms with Gasteiger partial charge in [-0.05, 0) is 60.4 Å². The lowest BCUT2D eigenvalue weighted by Crippen LogP contribution is -2.23. The Labute approximate surface area is 204 Å².